The van der Waals surface area contributed by atoms with Gasteiger partial charge in [0.15, 0.2) is 5.60 Å². The third-order valence-corrected chi connectivity index (χ3v) is 2.91. The largest absolute Gasteiger partial charge is 0.460 e. The zero-order valence-electron chi connectivity index (χ0n) is 9.80. The normalized spacial score (nSPS) is 29.2. The van der Waals surface area contributed by atoms with Crippen molar-refractivity contribution in [1.82, 2.24) is 0 Å². The van der Waals surface area contributed by atoms with Crippen molar-refractivity contribution in [2.75, 3.05) is 6.61 Å². The lowest BCUT2D eigenvalue weighted by molar-refractivity contribution is -0.206. The Morgan fingerprint density at radius 3 is 2.35 bits per heavy atom. The van der Waals surface area contributed by atoms with Crippen LogP contribution in [0.15, 0.2) is 30.3 Å². The van der Waals surface area contributed by atoms with E-state index in [0.29, 0.717) is 0 Å². The second-order valence-electron chi connectivity index (χ2n) is 3.72. The van der Waals surface area contributed by atoms with Gasteiger partial charge in [-0.25, -0.2) is 0 Å². The van der Waals surface area contributed by atoms with Crippen LogP contribution in [0, 0.1) is 5.92 Å². The molecule has 0 spiro atoms. The lowest BCUT2D eigenvalue weighted by Gasteiger charge is -2.39. The number of benzene rings is 1. The Balaban J connectivity index is 0.000000514. The Hall–Kier alpha value is -1.84. The van der Waals surface area contributed by atoms with Gasteiger partial charge in [0, 0.05) is 5.56 Å². The fourth-order valence-electron chi connectivity index (χ4n) is 2.12. The number of carbonyl (C=O) groups is 2. The van der Waals surface area contributed by atoms with Crippen LogP contribution in [0.5, 0.6) is 0 Å². The van der Waals surface area contributed by atoms with Gasteiger partial charge in [0.2, 0.25) is 5.92 Å². The van der Waals surface area contributed by atoms with Crippen molar-refractivity contribution in [1.29, 1.82) is 0 Å². The van der Waals surface area contributed by atoms with Crippen LogP contribution < -0.4 is 0 Å². The van der Waals surface area contributed by atoms with Crippen LogP contribution in [0.4, 0.5) is 0 Å². The Bertz CT molecular complexity index is 440. The van der Waals surface area contributed by atoms with E-state index in [1.54, 1.807) is 0 Å². The lowest BCUT2D eigenvalue weighted by Crippen LogP contribution is -2.55. The summed E-state index contributed by atoms with van der Waals surface area (Å²) < 4.78 is 10.0. The summed E-state index contributed by atoms with van der Waals surface area (Å²) in [5.41, 5.74) is -0.0319. The molecule has 1 aromatic carbocycles. The number of hydrogen-bond acceptors (Lipinski definition) is 4. The topological polar surface area (TPSA) is 52.6 Å². The molecule has 2 saturated heterocycles. The average molecular weight is 234 g/mol. The zero-order valence-corrected chi connectivity index (χ0v) is 9.80. The summed E-state index contributed by atoms with van der Waals surface area (Å²) in [7, 11) is 0. The second kappa shape index (κ2) is 4.20. The molecule has 4 nitrogen and oxygen atoms in total. The molecule has 1 aromatic rings. The number of hydrogen-bond donors (Lipinski definition) is 0. The maximum absolute atomic E-state index is 11.3. The molecule has 2 atom stereocenters. The molecular weight excluding hydrogens is 220 g/mol. The van der Waals surface area contributed by atoms with E-state index in [1.807, 2.05) is 44.2 Å². The van der Waals surface area contributed by atoms with Crippen LogP contribution in [-0.4, -0.2) is 18.5 Å². The van der Waals surface area contributed by atoms with Gasteiger partial charge < -0.3 is 9.47 Å². The molecule has 17 heavy (non-hydrogen) atoms. The van der Waals surface area contributed by atoms with Gasteiger partial charge in [0.05, 0.1) is 0 Å². The standard InChI is InChI=1S/C11H8O4.C2H6/c12-9-8-10(13)15-11(8,6-14-9)7-4-2-1-3-5-7;1-2/h1-5,8H,6H2;1-2H3/t8?,11-;/m1./s1. The fraction of sp³-hybridized carbons (Fsp3) is 0.385. The summed E-state index contributed by atoms with van der Waals surface area (Å²) in [6.07, 6.45) is 0. The first kappa shape index (κ1) is 11.6. The van der Waals surface area contributed by atoms with E-state index in [4.69, 9.17) is 9.47 Å². The van der Waals surface area contributed by atoms with Crippen LogP contribution in [0.25, 0.3) is 0 Å². The molecule has 0 aliphatic carbocycles. The lowest BCUT2D eigenvalue weighted by atomic mass is 9.79. The summed E-state index contributed by atoms with van der Waals surface area (Å²) in [5.74, 6) is -1.73. The van der Waals surface area contributed by atoms with Gasteiger partial charge in [-0.1, -0.05) is 44.2 Å². The number of esters is 2. The molecule has 2 aliphatic heterocycles. The summed E-state index contributed by atoms with van der Waals surface area (Å²) in [6.45, 7) is 4.13. The van der Waals surface area contributed by atoms with E-state index in [-0.39, 0.29) is 6.61 Å². The molecule has 0 amide bonds. The first-order chi connectivity index (χ1) is 8.24. The third-order valence-electron chi connectivity index (χ3n) is 2.91. The average Bonchev–Trinajstić information content (AvgIpc) is 2.64. The maximum atomic E-state index is 11.3. The third kappa shape index (κ3) is 1.52. The van der Waals surface area contributed by atoms with E-state index < -0.39 is 23.5 Å². The highest BCUT2D eigenvalue weighted by molar-refractivity contribution is 6.02. The number of fused-ring (bicyclic) bond motifs is 1. The molecule has 2 heterocycles. The molecule has 0 aromatic heterocycles. The molecule has 0 N–H and O–H groups in total. The number of ether oxygens (including phenoxy) is 2. The van der Waals surface area contributed by atoms with Crippen molar-refractivity contribution in [3.63, 3.8) is 0 Å². The first-order valence-electron chi connectivity index (χ1n) is 5.69. The van der Waals surface area contributed by atoms with Gasteiger partial charge in [-0.15, -0.1) is 0 Å². The predicted molar refractivity (Wildman–Crippen MR) is 60.0 cm³/mol. The van der Waals surface area contributed by atoms with Crippen molar-refractivity contribution in [3.8, 4) is 0 Å². The quantitative estimate of drug-likeness (QED) is 0.547. The first-order valence-corrected chi connectivity index (χ1v) is 5.69. The molecule has 1 unspecified atom stereocenters. The maximum Gasteiger partial charge on any atom is 0.326 e. The Labute approximate surface area is 99.5 Å². The molecule has 3 rings (SSSR count). The summed E-state index contributed by atoms with van der Waals surface area (Å²) in [4.78, 5) is 22.5. The highest BCUT2D eigenvalue weighted by atomic mass is 16.6. The van der Waals surface area contributed by atoms with Gasteiger partial charge in [0.25, 0.3) is 0 Å². The second-order valence-corrected chi connectivity index (χ2v) is 3.72. The van der Waals surface area contributed by atoms with E-state index in [2.05, 4.69) is 0 Å². The Morgan fingerprint density at radius 1 is 1.12 bits per heavy atom. The highest BCUT2D eigenvalue weighted by Crippen LogP contribution is 2.48. The molecule has 2 aliphatic rings. The van der Waals surface area contributed by atoms with Gasteiger partial charge in [0.1, 0.15) is 6.61 Å². The van der Waals surface area contributed by atoms with E-state index in [0.717, 1.165) is 5.56 Å². The molecular formula is C13H14O4. The number of carbonyl (C=O) groups excluding carboxylic acids is 2. The van der Waals surface area contributed by atoms with E-state index in [9.17, 15) is 9.59 Å². The van der Waals surface area contributed by atoms with Crippen LogP contribution >= 0.6 is 0 Å². The molecule has 2 fully saturated rings. The minimum Gasteiger partial charge on any atom is -0.460 e. The van der Waals surface area contributed by atoms with E-state index >= 15 is 0 Å². The predicted octanol–water partition coefficient (Wildman–Crippen LogP) is 1.64. The SMILES string of the molecule is CC.O=C1OC[C@]2(c3ccccc3)OC(=O)C12. The molecule has 0 radical (unpaired) electrons. The van der Waals surface area contributed by atoms with Crippen molar-refractivity contribution in [2.24, 2.45) is 5.92 Å². The van der Waals surface area contributed by atoms with Gasteiger partial charge in [-0.3, -0.25) is 9.59 Å². The van der Waals surface area contributed by atoms with Crippen LogP contribution in [0.1, 0.15) is 19.4 Å². The van der Waals surface area contributed by atoms with Gasteiger partial charge in [-0.2, -0.15) is 0 Å². The molecule has 0 bridgehead atoms. The molecule has 0 saturated carbocycles. The van der Waals surface area contributed by atoms with Crippen LogP contribution in [-0.2, 0) is 24.7 Å². The summed E-state index contributed by atoms with van der Waals surface area (Å²) in [6, 6.07) is 9.22. The monoisotopic (exact) mass is 234 g/mol. The minimum atomic E-state index is -0.852. The zero-order chi connectivity index (χ0) is 12.5. The summed E-state index contributed by atoms with van der Waals surface area (Å²) in [5, 5.41) is 0. The molecule has 4 heteroatoms. The van der Waals surface area contributed by atoms with E-state index in [1.165, 1.54) is 0 Å². The number of cyclic esters (lactones) is 1. The van der Waals surface area contributed by atoms with Crippen molar-refractivity contribution in [3.05, 3.63) is 35.9 Å². The van der Waals surface area contributed by atoms with Crippen molar-refractivity contribution in [2.45, 2.75) is 19.4 Å². The van der Waals surface area contributed by atoms with Crippen molar-refractivity contribution < 1.29 is 19.1 Å². The Kier molecular flexibility index (Phi) is 2.88. The van der Waals surface area contributed by atoms with Gasteiger partial charge in [-0.05, 0) is 0 Å². The minimum absolute atomic E-state index is 0.131. The van der Waals surface area contributed by atoms with Crippen LogP contribution in [0.2, 0.25) is 0 Å². The highest BCUT2D eigenvalue weighted by Gasteiger charge is 2.67. The van der Waals surface area contributed by atoms with Crippen LogP contribution in [0.3, 0.4) is 0 Å². The smallest absolute Gasteiger partial charge is 0.326 e. The molecule has 90 valence electrons. The van der Waals surface area contributed by atoms with Gasteiger partial charge >= 0.3 is 11.9 Å². The summed E-state index contributed by atoms with van der Waals surface area (Å²) >= 11 is 0. The van der Waals surface area contributed by atoms with Crippen molar-refractivity contribution >= 4 is 11.9 Å². The fourth-order valence-corrected chi connectivity index (χ4v) is 2.12. The number of rotatable bonds is 1. The Morgan fingerprint density at radius 2 is 1.76 bits per heavy atom.